The summed E-state index contributed by atoms with van der Waals surface area (Å²) >= 11 is 4.92. The summed E-state index contributed by atoms with van der Waals surface area (Å²) in [4.78, 5) is 16.5. The minimum absolute atomic E-state index is 0.115. The van der Waals surface area contributed by atoms with E-state index >= 15 is 0 Å². The molecule has 0 saturated heterocycles. The maximum atomic E-state index is 12.3. The van der Waals surface area contributed by atoms with Crippen molar-refractivity contribution < 1.29 is 4.79 Å². The minimum Gasteiger partial charge on any atom is -0.351 e. The van der Waals surface area contributed by atoms with Gasteiger partial charge in [0, 0.05) is 18.4 Å². The SMILES string of the molecule is O=C(CCc1nc(=S)[nH][nH]1)NC12CC3CC(CC(C3)C1)C2. The fourth-order valence-corrected chi connectivity index (χ4v) is 5.44. The number of nitrogens with zero attached hydrogens (tertiary/aromatic N) is 1. The Kier molecular flexibility index (Phi) is 3.17. The van der Waals surface area contributed by atoms with Crippen molar-refractivity contribution in [2.45, 2.75) is 56.9 Å². The number of aryl methyl sites for hydroxylation is 1. The van der Waals surface area contributed by atoms with E-state index in [1.807, 2.05) is 0 Å². The molecule has 5 nitrogen and oxygen atoms in total. The smallest absolute Gasteiger partial charge is 0.220 e. The normalized spacial score (nSPS) is 36.9. The lowest BCUT2D eigenvalue weighted by Gasteiger charge is -2.56. The number of hydrogen-bond donors (Lipinski definition) is 3. The van der Waals surface area contributed by atoms with Crippen LogP contribution in [0.25, 0.3) is 0 Å². The molecule has 4 fully saturated rings. The molecule has 6 heteroatoms. The largest absolute Gasteiger partial charge is 0.351 e. The second kappa shape index (κ2) is 4.93. The van der Waals surface area contributed by atoms with Crippen molar-refractivity contribution in [2.24, 2.45) is 17.8 Å². The second-order valence-electron chi connectivity index (χ2n) is 7.36. The first-order valence-electron chi connectivity index (χ1n) is 8.05. The van der Waals surface area contributed by atoms with Crippen LogP contribution in [0.4, 0.5) is 0 Å². The summed E-state index contributed by atoms with van der Waals surface area (Å²) in [5, 5.41) is 9.05. The first-order valence-corrected chi connectivity index (χ1v) is 8.46. The number of nitrogens with one attached hydrogen (secondary N) is 3. The van der Waals surface area contributed by atoms with E-state index in [0.29, 0.717) is 17.6 Å². The second-order valence-corrected chi connectivity index (χ2v) is 7.75. The van der Waals surface area contributed by atoms with E-state index in [2.05, 4.69) is 20.5 Å². The molecular weight excluding hydrogens is 284 g/mol. The Hall–Kier alpha value is -1.17. The van der Waals surface area contributed by atoms with Crippen LogP contribution < -0.4 is 5.32 Å². The zero-order valence-electron chi connectivity index (χ0n) is 12.2. The molecule has 0 radical (unpaired) electrons. The van der Waals surface area contributed by atoms with Gasteiger partial charge < -0.3 is 5.32 Å². The number of rotatable bonds is 4. The standard InChI is InChI=1S/C15H22N4OS/c20-13(2-1-12-16-14(21)19-18-12)17-15-6-9-3-10(7-15)5-11(4-9)8-15/h9-11H,1-8H2,(H,17,20)(H2,16,18,19,21). The first-order chi connectivity index (χ1) is 10.1. The highest BCUT2D eigenvalue weighted by Gasteiger charge is 2.51. The molecule has 0 aliphatic heterocycles. The molecule has 1 aromatic rings. The number of carbonyl (C=O) groups is 1. The molecule has 1 amide bonds. The predicted molar refractivity (Wildman–Crippen MR) is 81.1 cm³/mol. The van der Waals surface area contributed by atoms with Crippen molar-refractivity contribution in [3.05, 3.63) is 10.6 Å². The van der Waals surface area contributed by atoms with Gasteiger partial charge >= 0.3 is 0 Å². The Balaban J connectivity index is 1.37. The van der Waals surface area contributed by atoms with Crippen LogP contribution in [0.5, 0.6) is 0 Å². The minimum atomic E-state index is 0.115. The lowest BCUT2D eigenvalue weighted by atomic mass is 9.53. The molecule has 0 spiro atoms. The van der Waals surface area contributed by atoms with Gasteiger partial charge in [0.2, 0.25) is 10.7 Å². The number of hydrogen-bond acceptors (Lipinski definition) is 3. The zero-order valence-corrected chi connectivity index (χ0v) is 13.0. The lowest BCUT2D eigenvalue weighted by Crippen LogP contribution is -2.59. The van der Waals surface area contributed by atoms with Crippen LogP contribution in [-0.2, 0) is 11.2 Å². The molecule has 4 bridgehead atoms. The van der Waals surface area contributed by atoms with Crippen molar-refractivity contribution in [3.63, 3.8) is 0 Å². The highest BCUT2D eigenvalue weighted by atomic mass is 32.1. The van der Waals surface area contributed by atoms with E-state index < -0.39 is 0 Å². The third kappa shape index (κ3) is 2.65. The van der Waals surface area contributed by atoms with E-state index in [0.717, 1.165) is 23.6 Å². The van der Waals surface area contributed by atoms with E-state index in [4.69, 9.17) is 12.2 Å². The molecule has 4 aliphatic carbocycles. The average Bonchev–Trinajstić information content (AvgIpc) is 2.80. The van der Waals surface area contributed by atoms with Gasteiger partial charge in [-0.3, -0.25) is 15.0 Å². The van der Waals surface area contributed by atoms with Crippen LogP contribution in [0, 0.1) is 22.5 Å². The topological polar surface area (TPSA) is 73.6 Å². The van der Waals surface area contributed by atoms with Gasteiger partial charge in [-0.2, -0.15) is 0 Å². The molecule has 0 unspecified atom stereocenters. The number of amides is 1. The molecule has 3 N–H and O–H groups in total. The zero-order chi connectivity index (χ0) is 14.4. The van der Waals surface area contributed by atoms with E-state index in [1.54, 1.807) is 0 Å². The highest BCUT2D eigenvalue weighted by Crippen LogP contribution is 2.55. The Bertz CT molecular complexity index is 570. The summed E-state index contributed by atoms with van der Waals surface area (Å²) in [6.45, 7) is 0. The Morgan fingerprint density at radius 1 is 1.19 bits per heavy atom. The molecule has 1 heterocycles. The van der Waals surface area contributed by atoms with Crippen LogP contribution in [-0.4, -0.2) is 26.6 Å². The first kappa shape index (κ1) is 13.5. The van der Waals surface area contributed by atoms with Crippen LogP contribution in [0.1, 0.15) is 50.8 Å². The monoisotopic (exact) mass is 306 g/mol. The highest BCUT2D eigenvalue weighted by molar-refractivity contribution is 7.71. The van der Waals surface area contributed by atoms with Crippen LogP contribution in [0.15, 0.2) is 0 Å². The molecule has 114 valence electrons. The van der Waals surface area contributed by atoms with Crippen molar-refractivity contribution in [3.8, 4) is 0 Å². The molecule has 5 rings (SSSR count). The molecular formula is C15H22N4OS. The van der Waals surface area contributed by atoms with E-state index in [1.165, 1.54) is 38.5 Å². The Labute approximate surface area is 129 Å². The summed E-state index contributed by atoms with van der Waals surface area (Å²) in [5.41, 5.74) is 0.115. The summed E-state index contributed by atoms with van der Waals surface area (Å²) in [5.74, 6) is 3.51. The summed E-state index contributed by atoms with van der Waals surface area (Å²) in [6.07, 6.45) is 8.92. The maximum absolute atomic E-state index is 12.3. The molecule has 21 heavy (non-hydrogen) atoms. The van der Waals surface area contributed by atoms with Crippen LogP contribution in [0.2, 0.25) is 0 Å². The van der Waals surface area contributed by atoms with Crippen LogP contribution >= 0.6 is 12.2 Å². The fourth-order valence-electron chi connectivity index (χ4n) is 5.28. The summed E-state index contributed by atoms with van der Waals surface area (Å²) in [7, 11) is 0. The van der Waals surface area contributed by atoms with Crippen molar-refractivity contribution in [1.82, 2.24) is 20.5 Å². The summed E-state index contributed by atoms with van der Waals surface area (Å²) in [6, 6.07) is 0. The molecule has 4 aliphatic rings. The molecule has 0 aromatic carbocycles. The Morgan fingerprint density at radius 3 is 2.33 bits per heavy atom. The van der Waals surface area contributed by atoms with Gasteiger partial charge in [0.25, 0.3) is 0 Å². The third-order valence-corrected chi connectivity index (χ3v) is 5.78. The molecule has 4 saturated carbocycles. The fraction of sp³-hybridized carbons (Fsp3) is 0.800. The number of aromatic amines is 2. The number of aromatic nitrogens is 3. The van der Waals surface area contributed by atoms with E-state index in [9.17, 15) is 4.79 Å². The number of H-pyrrole nitrogens is 2. The van der Waals surface area contributed by atoms with Crippen molar-refractivity contribution in [1.29, 1.82) is 0 Å². The van der Waals surface area contributed by atoms with Gasteiger partial charge in [-0.05, 0) is 68.5 Å². The van der Waals surface area contributed by atoms with Gasteiger partial charge in [0.1, 0.15) is 5.82 Å². The van der Waals surface area contributed by atoms with Crippen molar-refractivity contribution >= 4 is 18.1 Å². The van der Waals surface area contributed by atoms with Crippen molar-refractivity contribution in [2.75, 3.05) is 0 Å². The van der Waals surface area contributed by atoms with Crippen LogP contribution in [0.3, 0.4) is 0 Å². The van der Waals surface area contributed by atoms with Gasteiger partial charge in [-0.1, -0.05) is 0 Å². The molecule has 0 atom stereocenters. The van der Waals surface area contributed by atoms with Gasteiger partial charge in [0.05, 0.1) is 0 Å². The quantitative estimate of drug-likeness (QED) is 0.748. The molecule has 1 aromatic heterocycles. The van der Waals surface area contributed by atoms with Gasteiger partial charge in [-0.25, -0.2) is 4.98 Å². The predicted octanol–water partition coefficient (Wildman–Crippen LogP) is 2.48. The maximum Gasteiger partial charge on any atom is 0.220 e. The Morgan fingerprint density at radius 2 is 1.81 bits per heavy atom. The van der Waals surface area contributed by atoms with E-state index in [-0.39, 0.29) is 11.4 Å². The average molecular weight is 306 g/mol. The number of carbonyl (C=O) groups excluding carboxylic acids is 1. The third-order valence-electron chi connectivity index (χ3n) is 5.58. The van der Waals surface area contributed by atoms with Gasteiger partial charge in [0.15, 0.2) is 0 Å². The lowest BCUT2D eigenvalue weighted by molar-refractivity contribution is -0.126. The summed E-state index contributed by atoms with van der Waals surface area (Å²) < 4.78 is 0.450. The van der Waals surface area contributed by atoms with Gasteiger partial charge in [-0.15, -0.1) is 0 Å².